The third-order valence-electron chi connectivity index (χ3n) is 6.21. The third-order valence-corrected chi connectivity index (χ3v) is 7.08. The quantitative estimate of drug-likeness (QED) is 0.568. The van der Waals surface area contributed by atoms with E-state index in [2.05, 4.69) is 28.8 Å². The maximum absolute atomic E-state index is 13.5. The molecule has 3 aromatic rings. The molecule has 0 bridgehead atoms. The lowest BCUT2D eigenvalue weighted by atomic mass is 10.1. The van der Waals surface area contributed by atoms with Crippen LogP contribution in [-0.4, -0.2) is 74.9 Å². The SMILES string of the molecule is C[C@@H]1CN(C[C@@H]2CCCN2C(=O)c2nc(-c3cccs3)n(-c3ccc(F)cc3)n2)C[C@H](C)O1. The minimum absolute atomic E-state index is 0.137. The van der Waals surface area contributed by atoms with Crippen LogP contribution in [0.25, 0.3) is 16.4 Å². The summed E-state index contributed by atoms with van der Waals surface area (Å²) in [6.45, 7) is 7.49. The summed E-state index contributed by atoms with van der Waals surface area (Å²) in [6.07, 6.45) is 2.34. The number of halogens is 1. The molecule has 2 fully saturated rings. The minimum Gasteiger partial charge on any atom is -0.373 e. The van der Waals surface area contributed by atoms with Gasteiger partial charge in [0, 0.05) is 32.2 Å². The van der Waals surface area contributed by atoms with E-state index in [-0.39, 0.29) is 35.8 Å². The zero-order valence-electron chi connectivity index (χ0n) is 18.9. The molecule has 0 N–H and O–H groups in total. The Morgan fingerprint density at radius 2 is 1.94 bits per heavy atom. The predicted octanol–water partition coefficient (Wildman–Crippen LogP) is 3.85. The van der Waals surface area contributed by atoms with Crippen LogP contribution < -0.4 is 0 Å². The van der Waals surface area contributed by atoms with Crippen LogP contribution in [0.4, 0.5) is 4.39 Å². The molecule has 1 amide bonds. The standard InChI is InChI=1S/C24H28FN5O2S/c1-16-13-28(14-17(2)32-16)15-20-5-3-11-29(20)24(31)22-26-23(21-6-4-12-33-21)30(27-22)19-9-7-18(25)8-10-19/h4,6-10,12,16-17,20H,3,5,11,13-15H2,1-2H3/t16-,17+,20-/m0/s1. The van der Waals surface area contributed by atoms with E-state index in [4.69, 9.17) is 4.74 Å². The second kappa shape index (κ2) is 9.32. The van der Waals surface area contributed by atoms with E-state index in [0.717, 1.165) is 37.4 Å². The van der Waals surface area contributed by atoms with E-state index in [1.54, 1.807) is 16.8 Å². The molecule has 0 radical (unpaired) electrons. The zero-order valence-corrected chi connectivity index (χ0v) is 19.7. The first-order chi connectivity index (χ1) is 16.0. The molecule has 33 heavy (non-hydrogen) atoms. The number of hydrogen-bond donors (Lipinski definition) is 0. The molecule has 3 atom stereocenters. The molecule has 4 heterocycles. The molecule has 5 rings (SSSR count). The van der Waals surface area contributed by atoms with Gasteiger partial charge in [0.15, 0.2) is 5.82 Å². The van der Waals surface area contributed by atoms with Gasteiger partial charge in [0.05, 0.1) is 22.8 Å². The zero-order chi connectivity index (χ0) is 22.9. The number of thiophene rings is 1. The average molecular weight is 470 g/mol. The van der Waals surface area contributed by atoms with Gasteiger partial charge >= 0.3 is 0 Å². The lowest BCUT2D eigenvalue weighted by molar-refractivity contribution is -0.0715. The highest BCUT2D eigenvalue weighted by atomic mass is 32.1. The molecule has 174 valence electrons. The summed E-state index contributed by atoms with van der Waals surface area (Å²) >= 11 is 1.53. The maximum Gasteiger partial charge on any atom is 0.293 e. The van der Waals surface area contributed by atoms with Crippen molar-refractivity contribution in [2.24, 2.45) is 0 Å². The number of hydrogen-bond acceptors (Lipinski definition) is 6. The van der Waals surface area contributed by atoms with E-state index in [9.17, 15) is 9.18 Å². The molecule has 2 aliphatic heterocycles. The fourth-order valence-electron chi connectivity index (χ4n) is 4.88. The lowest BCUT2D eigenvalue weighted by Crippen LogP contribution is -2.51. The third kappa shape index (κ3) is 4.71. The highest BCUT2D eigenvalue weighted by Crippen LogP contribution is 2.27. The van der Waals surface area contributed by atoms with Gasteiger partial charge in [-0.1, -0.05) is 6.07 Å². The summed E-state index contributed by atoms with van der Waals surface area (Å²) in [5.41, 5.74) is 0.667. The van der Waals surface area contributed by atoms with Crippen molar-refractivity contribution in [1.29, 1.82) is 0 Å². The van der Waals surface area contributed by atoms with Crippen LogP contribution in [0.1, 0.15) is 37.3 Å². The first-order valence-corrected chi connectivity index (χ1v) is 12.3. The average Bonchev–Trinajstić information content (AvgIpc) is 3.53. The smallest absolute Gasteiger partial charge is 0.293 e. The first kappa shape index (κ1) is 22.2. The van der Waals surface area contributed by atoms with Crippen LogP contribution in [0.2, 0.25) is 0 Å². The van der Waals surface area contributed by atoms with Gasteiger partial charge in [0.2, 0.25) is 5.82 Å². The molecule has 7 nitrogen and oxygen atoms in total. The Bertz CT molecular complexity index is 1090. The first-order valence-electron chi connectivity index (χ1n) is 11.4. The fourth-order valence-corrected chi connectivity index (χ4v) is 5.58. The highest BCUT2D eigenvalue weighted by molar-refractivity contribution is 7.13. The van der Waals surface area contributed by atoms with E-state index >= 15 is 0 Å². The monoisotopic (exact) mass is 469 g/mol. The van der Waals surface area contributed by atoms with Crippen LogP contribution in [-0.2, 0) is 4.74 Å². The Labute approximate surface area is 196 Å². The summed E-state index contributed by atoms with van der Waals surface area (Å²) < 4.78 is 21.0. The number of benzene rings is 1. The molecule has 0 saturated carbocycles. The van der Waals surface area contributed by atoms with Gasteiger partial charge in [0.1, 0.15) is 5.82 Å². The summed E-state index contributed by atoms with van der Waals surface area (Å²) in [5, 5.41) is 6.54. The summed E-state index contributed by atoms with van der Waals surface area (Å²) in [7, 11) is 0. The number of amides is 1. The van der Waals surface area contributed by atoms with Crippen LogP contribution in [0.3, 0.4) is 0 Å². The number of carbonyl (C=O) groups excluding carboxylic acids is 1. The van der Waals surface area contributed by atoms with E-state index in [0.29, 0.717) is 18.1 Å². The molecule has 2 aromatic heterocycles. The number of likely N-dealkylation sites (tertiary alicyclic amines) is 1. The molecular weight excluding hydrogens is 441 g/mol. The van der Waals surface area contributed by atoms with Gasteiger partial charge in [-0.25, -0.2) is 14.1 Å². The van der Waals surface area contributed by atoms with Crippen molar-refractivity contribution in [2.45, 2.75) is 44.9 Å². The van der Waals surface area contributed by atoms with Crippen molar-refractivity contribution in [3.05, 3.63) is 53.4 Å². The van der Waals surface area contributed by atoms with E-state index in [1.165, 1.54) is 23.5 Å². The number of ether oxygens (including phenoxy) is 1. The van der Waals surface area contributed by atoms with Crippen LogP contribution in [0.5, 0.6) is 0 Å². The Balaban J connectivity index is 1.41. The number of aromatic nitrogens is 3. The second-order valence-corrected chi connectivity index (χ2v) is 9.84. The molecule has 0 aliphatic carbocycles. The van der Waals surface area contributed by atoms with E-state index < -0.39 is 0 Å². The van der Waals surface area contributed by atoms with Crippen molar-refractivity contribution in [2.75, 3.05) is 26.2 Å². The maximum atomic E-state index is 13.5. The van der Waals surface area contributed by atoms with Crippen LogP contribution in [0.15, 0.2) is 41.8 Å². The van der Waals surface area contributed by atoms with Gasteiger partial charge in [-0.2, -0.15) is 0 Å². The molecular formula is C24H28FN5O2S. The van der Waals surface area contributed by atoms with Gasteiger partial charge < -0.3 is 9.64 Å². The Morgan fingerprint density at radius 3 is 2.64 bits per heavy atom. The van der Waals surface area contributed by atoms with Gasteiger partial charge in [-0.15, -0.1) is 16.4 Å². The number of rotatable bonds is 5. The predicted molar refractivity (Wildman–Crippen MR) is 125 cm³/mol. The summed E-state index contributed by atoms with van der Waals surface area (Å²) in [4.78, 5) is 23.4. The number of carbonyl (C=O) groups is 1. The van der Waals surface area contributed by atoms with Crippen molar-refractivity contribution in [3.8, 4) is 16.4 Å². The van der Waals surface area contributed by atoms with E-state index in [1.807, 2.05) is 22.4 Å². The Hall–Kier alpha value is -2.62. The molecule has 2 aliphatic rings. The molecule has 9 heteroatoms. The Kier molecular flexibility index (Phi) is 6.27. The van der Waals surface area contributed by atoms with Gasteiger partial charge in [-0.3, -0.25) is 9.69 Å². The van der Waals surface area contributed by atoms with Crippen molar-refractivity contribution in [3.63, 3.8) is 0 Å². The lowest BCUT2D eigenvalue weighted by Gasteiger charge is -2.38. The topological polar surface area (TPSA) is 63.5 Å². The highest BCUT2D eigenvalue weighted by Gasteiger charge is 2.35. The van der Waals surface area contributed by atoms with Crippen molar-refractivity contribution in [1.82, 2.24) is 24.6 Å². The molecule has 2 saturated heterocycles. The molecule has 0 spiro atoms. The van der Waals surface area contributed by atoms with Crippen LogP contribution >= 0.6 is 11.3 Å². The van der Waals surface area contributed by atoms with Crippen LogP contribution in [0, 0.1) is 5.82 Å². The summed E-state index contributed by atoms with van der Waals surface area (Å²) in [6, 6.07) is 10.1. The Morgan fingerprint density at radius 1 is 1.18 bits per heavy atom. The molecule has 1 aromatic carbocycles. The van der Waals surface area contributed by atoms with Crippen molar-refractivity contribution < 1.29 is 13.9 Å². The fraction of sp³-hybridized carbons (Fsp3) is 0.458. The van der Waals surface area contributed by atoms with Gasteiger partial charge in [0.25, 0.3) is 5.91 Å². The molecule has 0 unspecified atom stereocenters. The normalized spacial score (nSPS) is 23.8. The number of nitrogens with zero attached hydrogens (tertiary/aromatic N) is 5. The van der Waals surface area contributed by atoms with Crippen molar-refractivity contribution >= 4 is 17.2 Å². The minimum atomic E-state index is -0.320. The van der Waals surface area contributed by atoms with Gasteiger partial charge in [-0.05, 0) is 62.4 Å². The largest absolute Gasteiger partial charge is 0.373 e. The second-order valence-electron chi connectivity index (χ2n) is 8.89. The number of morpholine rings is 1. The summed E-state index contributed by atoms with van der Waals surface area (Å²) in [5.74, 6) is 0.301.